The molecule has 6 rings (SSSR count). The minimum Gasteiger partial charge on any atom is -0.493 e. The van der Waals surface area contributed by atoms with Gasteiger partial charge in [0.25, 0.3) is 0 Å². The van der Waals surface area contributed by atoms with Crippen molar-refractivity contribution in [2.75, 3.05) is 13.2 Å². The van der Waals surface area contributed by atoms with Crippen LogP contribution in [0.25, 0.3) is 32.8 Å². The van der Waals surface area contributed by atoms with Gasteiger partial charge >= 0.3 is 5.97 Å². The summed E-state index contributed by atoms with van der Waals surface area (Å²) in [7, 11) is 0. The normalized spacial score (nSPS) is 13.8. The number of ether oxygens (including phenoxy) is 2. The smallest absolute Gasteiger partial charge is 0.352 e. The minimum absolute atomic E-state index is 0.218. The molecule has 0 saturated heterocycles. The molecule has 206 valence electrons. The third-order valence-corrected chi connectivity index (χ3v) is 7.74. The highest BCUT2D eigenvalue weighted by molar-refractivity contribution is 6.04. The van der Waals surface area contributed by atoms with E-state index in [0.29, 0.717) is 73.3 Å². The number of halogens is 1. The van der Waals surface area contributed by atoms with Gasteiger partial charge in [0.2, 0.25) is 0 Å². The molecule has 3 aromatic carbocycles. The Morgan fingerprint density at radius 1 is 1.10 bits per heavy atom. The summed E-state index contributed by atoms with van der Waals surface area (Å²) in [5, 5.41) is 20.8. The van der Waals surface area contributed by atoms with Gasteiger partial charge in [-0.05, 0) is 61.3 Å². The molecule has 5 aromatic rings. The third-order valence-electron chi connectivity index (χ3n) is 7.74. The number of aromatic amines is 1. The molecule has 0 atom stereocenters. The summed E-state index contributed by atoms with van der Waals surface area (Å²) in [5.74, 6) is -0.605. The second-order valence-corrected chi connectivity index (χ2v) is 10.2. The van der Waals surface area contributed by atoms with Crippen molar-refractivity contribution < 1.29 is 23.8 Å². The van der Waals surface area contributed by atoms with Crippen LogP contribution < -0.4 is 4.74 Å². The monoisotopic (exact) mass is 541 g/mol. The number of nitrogens with zero attached hydrogens (tertiary/aromatic N) is 2. The molecular weight excluding hydrogens is 509 g/mol. The standard InChI is InChI=1S/C32H32FN3O4/c1-2-25-29-26(35-34-25)19-39-17-6-5-16-36-30-23(14-15-24(33)28(29)30)22(31(36)32(37)38)12-8-18-40-27-13-7-10-20-9-3-4-11-21(20)27/h3-4,7,9-11,13-15H,2,5-6,8,12,16-19H2,1H3,(H,34,35)(H,37,38). The number of benzene rings is 3. The van der Waals surface area contributed by atoms with Crippen LogP contribution in [0.15, 0.2) is 54.6 Å². The van der Waals surface area contributed by atoms with Crippen LogP contribution in [-0.4, -0.2) is 39.1 Å². The van der Waals surface area contributed by atoms with E-state index in [1.54, 1.807) is 10.6 Å². The maximum absolute atomic E-state index is 15.8. The molecule has 2 N–H and O–H groups in total. The molecule has 0 fully saturated rings. The van der Waals surface area contributed by atoms with E-state index in [1.807, 2.05) is 49.4 Å². The number of fused-ring (bicyclic) bond motifs is 3. The molecule has 7 nitrogen and oxygen atoms in total. The maximum Gasteiger partial charge on any atom is 0.352 e. The van der Waals surface area contributed by atoms with Crippen molar-refractivity contribution in [2.45, 2.75) is 52.2 Å². The molecule has 0 amide bonds. The third kappa shape index (κ3) is 4.62. The molecule has 0 unspecified atom stereocenters. The number of aromatic nitrogens is 3. The largest absolute Gasteiger partial charge is 0.493 e. The topological polar surface area (TPSA) is 89.4 Å². The predicted octanol–water partition coefficient (Wildman–Crippen LogP) is 6.91. The molecule has 1 aliphatic heterocycles. The number of hydrogen-bond acceptors (Lipinski definition) is 4. The van der Waals surface area contributed by atoms with Gasteiger partial charge < -0.3 is 19.1 Å². The fraction of sp³-hybridized carbons (Fsp3) is 0.312. The zero-order chi connectivity index (χ0) is 27.6. The van der Waals surface area contributed by atoms with Crippen molar-refractivity contribution in [3.63, 3.8) is 0 Å². The summed E-state index contributed by atoms with van der Waals surface area (Å²) in [6.07, 6.45) is 3.21. The van der Waals surface area contributed by atoms with Crippen molar-refractivity contribution in [3.8, 4) is 16.9 Å². The Balaban J connectivity index is 1.42. The lowest BCUT2D eigenvalue weighted by molar-refractivity contribution is 0.0683. The van der Waals surface area contributed by atoms with Crippen molar-refractivity contribution in [3.05, 3.63) is 83.1 Å². The van der Waals surface area contributed by atoms with Crippen molar-refractivity contribution in [1.29, 1.82) is 0 Å². The number of carbonyl (C=O) groups is 1. The number of hydrogen-bond donors (Lipinski definition) is 2. The number of aryl methyl sites for hydroxylation is 3. The molecule has 0 saturated carbocycles. The fourth-order valence-corrected chi connectivity index (χ4v) is 5.92. The van der Waals surface area contributed by atoms with Gasteiger partial charge in [0.15, 0.2) is 0 Å². The summed E-state index contributed by atoms with van der Waals surface area (Å²) in [5.41, 5.74) is 4.05. The van der Waals surface area contributed by atoms with Crippen LogP contribution in [0.2, 0.25) is 0 Å². The van der Waals surface area contributed by atoms with Crippen LogP contribution in [0.4, 0.5) is 4.39 Å². The number of nitrogens with one attached hydrogen (secondary N) is 1. The van der Waals surface area contributed by atoms with Gasteiger partial charge in [0.1, 0.15) is 17.3 Å². The van der Waals surface area contributed by atoms with Gasteiger partial charge in [0.05, 0.1) is 24.4 Å². The Hall–Kier alpha value is -4.17. The molecule has 0 radical (unpaired) electrons. The highest BCUT2D eigenvalue weighted by Crippen LogP contribution is 2.40. The zero-order valence-corrected chi connectivity index (χ0v) is 22.5. The molecule has 2 aromatic heterocycles. The molecule has 0 bridgehead atoms. The highest BCUT2D eigenvalue weighted by atomic mass is 19.1. The van der Waals surface area contributed by atoms with E-state index in [4.69, 9.17) is 9.47 Å². The van der Waals surface area contributed by atoms with Gasteiger partial charge in [-0.2, -0.15) is 5.10 Å². The lowest BCUT2D eigenvalue weighted by atomic mass is 9.97. The van der Waals surface area contributed by atoms with E-state index in [1.165, 1.54) is 6.07 Å². The first-order valence-electron chi connectivity index (χ1n) is 13.9. The molecule has 0 spiro atoms. The zero-order valence-electron chi connectivity index (χ0n) is 22.5. The van der Waals surface area contributed by atoms with E-state index in [-0.39, 0.29) is 12.3 Å². The Morgan fingerprint density at radius 2 is 1.95 bits per heavy atom. The first kappa shape index (κ1) is 26.1. The second kappa shape index (κ2) is 11.1. The molecule has 40 heavy (non-hydrogen) atoms. The summed E-state index contributed by atoms with van der Waals surface area (Å²) in [6.45, 7) is 3.67. The summed E-state index contributed by atoms with van der Waals surface area (Å²) >= 11 is 0. The fourth-order valence-electron chi connectivity index (χ4n) is 5.92. The number of H-pyrrole nitrogens is 1. The van der Waals surface area contributed by atoms with Crippen LogP contribution in [0.5, 0.6) is 5.75 Å². The van der Waals surface area contributed by atoms with Crippen LogP contribution in [0, 0.1) is 5.82 Å². The van der Waals surface area contributed by atoms with Gasteiger partial charge in [-0.25, -0.2) is 9.18 Å². The molecule has 0 aliphatic carbocycles. The van der Waals surface area contributed by atoms with E-state index >= 15 is 4.39 Å². The molecule has 8 heteroatoms. The second-order valence-electron chi connectivity index (χ2n) is 10.2. The minimum atomic E-state index is -1.01. The molecule has 1 aliphatic rings. The van der Waals surface area contributed by atoms with Crippen LogP contribution in [-0.2, 0) is 30.7 Å². The average Bonchev–Trinajstić information content (AvgIpc) is 3.50. The van der Waals surface area contributed by atoms with E-state index in [9.17, 15) is 9.90 Å². The lowest BCUT2D eigenvalue weighted by Gasteiger charge is -2.13. The Labute approximate surface area is 231 Å². The first-order chi connectivity index (χ1) is 19.6. The van der Waals surface area contributed by atoms with Crippen molar-refractivity contribution in [1.82, 2.24) is 14.8 Å². The summed E-state index contributed by atoms with van der Waals surface area (Å²) in [4.78, 5) is 12.7. The lowest BCUT2D eigenvalue weighted by Crippen LogP contribution is -2.12. The number of aromatic carboxylic acids is 1. The van der Waals surface area contributed by atoms with Crippen LogP contribution in [0.1, 0.15) is 53.6 Å². The predicted molar refractivity (Wildman–Crippen MR) is 152 cm³/mol. The summed E-state index contributed by atoms with van der Waals surface area (Å²) < 4.78 is 29.6. The van der Waals surface area contributed by atoms with E-state index in [2.05, 4.69) is 10.2 Å². The van der Waals surface area contributed by atoms with Gasteiger partial charge in [-0.15, -0.1) is 0 Å². The molecular formula is C32H32FN3O4. The van der Waals surface area contributed by atoms with Crippen molar-refractivity contribution in [2.24, 2.45) is 0 Å². The number of carboxylic acids is 1. The van der Waals surface area contributed by atoms with Crippen LogP contribution in [0.3, 0.4) is 0 Å². The van der Waals surface area contributed by atoms with Gasteiger partial charge in [-0.3, -0.25) is 5.10 Å². The van der Waals surface area contributed by atoms with Crippen molar-refractivity contribution >= 4 is 27.6 Å². The summed E-state index contributed by atoms with van der Waals surface area (Å²) in [6, 6.07) is 17.2. The Bertz CT molecular complexity index is 1700. The highest BCUT2D eigenvalue weighted by Gasteiger charge is 2.29. The maximum atomic E-state index is 15.8. The SMILES string of the molecule is CCc1[nH]nc2c1-c1c(F)ccc3c(CCCOc4cccc5ccccc45)c(C(=O)O)n(c13)CCCCOC2. The Kier molecular flexibility index (Phi) is 7.26. The average molecular weight is 542 g/mol. The van der Waals surface area contributed by atoms with Crippen LogP contribution >= 0.6 is 0 Å². The van der Waals surface area contributed by atoms with Gasteiger partial charge in [0, 0.05) is 40.7 Å². The van der Waals surface area contributed by atoms with Gasteiger partial charge in [-0.1, -0.05) is 43.3 Å². The Morgan fingerprint density at radius 3 is 2.80 bits per heavy atom. The quantitative estimate of drug-likeness (QED) is 0.219. The first-order valence-corrected chi connectivity index (χ1v) is 13.9. The van der Waals surface area contributed by atoms with E-state index < -0.39 is 11.8 Å². The molecule has 3 heterocycles. The van der Waals surface area contributed by atoms with E-state index in [0.717, 1.165) is 34.0 Å². The number of carboxylic acid groups (broad SMARTS) is 1. The number of rotatable bonds is 7.